The number of carbonyl (C=O) groups is 1. The first-order valence-corrected chi connectivity index (χ1v) is 8.04. The number of carbonyl (C=O) groups excluding carboxylic acids is 1. The van der Waals surface area contributed by atoms with Gasteiger partial charge in [-0.15, -0.1) is 0 Å². The Morgan fingerprint density at radius 2 is 2.14 bits per heavy atom. The lowest BCUT2D eigenvalue weighted by atomic mass is 9.99. The minimum Gasteiger partial charge on any atom is -0.355 e. The van der Waals surface area contributed by atoms with Gasteiger partial charge in [0.05, 0.1) is 0 Å². The lowest BCUT2D eigenvalue weighted by Gasteiger charge is -2.40. The van der Waals surface area contributed by atoms with Gasteiger partial charge in [0, 0.05) is 37.2 Å². The maximum Gasteiger partial charge on any atom is 0.238 e. The van der Waals surface area contributed by atoms with Crippen molar-refractivity contribution in [2.24, 2.45) is 0 Å². The fraction of sp³-hybridized carbons (Fsp3) is 0.562. The number of hydrogen-bond donors (Lipinski definition) is 2. The highest BCUT2D eigenvalue weighted by molar-refractivity contribution is 6.30. The van der Waals surface area contributed by atoms with Crippen molar-refractivity contribution in [3.05, 3.63) is 34.9 Å². The molecule has 0 radical (unpaired) electrons. The Morgan fingerprint density at radius 1 is 1.43 bits per heavy atom. The molecule has 0 bridgehead atoms. The molecule has 1 saturated heterocycles. The number of amides is 1. The Bertz CT molecular complexity index is 463. The summed E-state index contributed by atoms with van der Waals surface area (Å²) in [6, 6.07) is 8.10. The van der Waals surface area contributed by atoms with Crippen LogP contribution in [0, 0.1) is 0 Å². The van der Waals surface area contributed by atoms with Crippen molar-refractivity contribution in [1.82, 2.24) is 15.5 Å². The Balaban J connectivity index is 2.20. The van der Waals surface area contributed by atoms with Crippen LogP contribution in [0.25, 0.3) is 0 Å². The third-order valence-corrected chi connectivity index (χ3v) is 4.23. The number of piperazine rings is 1. The van der Waals surface area contributed by atoms with Gasteiger partial charge in [-0.1, -0.05) is 30.7 Å². The highest BCUT2D eigenvalue weighted by Crippen LogP contribution is 2.28. The van der Waals surface area contributed by atoms with Crippen molar-refractivity contribution in [3.63, 3.8) is 0 Å². The number of nitrogens with zero attached hydrogens (tertiary/aromatic N) is 1. The second-order valence-corrected chi connectivity index (χ2v) is 5.76. The van der Waals surface area contributed by atoms with E-state index in [1.807, 2.05) is 19.1 Å². The summed E-state index contributed by atoms with van der Waals surface area (Å²) >= 11 is 5.98. The Kier molecular flexibility index (Phi) is 6.03. The fourth-order valence-electron chi connectivity index (χ4n) is 2.98. The summed E-state index contributed by atoms with van der Waals surface area (Å²) < 4.78 is 0. The smallest absolute Gasteiger partial charge is 0.238 e. The van der Waals surface area contributed by atoms with Crippen LogP contribution in [0.5, 0.6) is 0 Å². The van der Waals surface area contributed by atoms with Gasteiger partial charge >= 0.3 is 0 Å². The van der Waals surface area contributed by atoms with Gasteiger partial charge in [0.15, 0.2) is 0 Å². The second-order valence-electron chi connectivity index (χ2n) is 5.33. The number of benzene rings is 1. The van der Waals surface area contributed by atoms with E-state index in [1.165, 1.54) is 5.56 Å². The van der Waals surface area contributed by atoms with Crippen LogP contribution in [0.15, 0.2) is 24.3 Å². The summed E-state index contributed by atoms with van der Waals surface area (Å²) in [6.45, 7) is 7.28. The predicted molar refractivity (Wildman–Crippen MR) is 86.5 cm³/mol. The average molecular weight is 310 g/mol. The first kappa shape index (κ1) is 16.3. The maximum atomic E-state index is 12.3. The third-order valence-electron chi connectivity index (χ3n) is 3.98. The largest absolute Gasteiger partial charge is 0.355 e. The van der Waals surface area contributed by atoms with E-state index in [0.717, 1.165) is 24.5 Å². The molecule has 4 nitrogen and oxygen atoms in total. The van der Waals surface area contributed by atoms with Gasteiger partial charge in [-0.25, -0.2) is 0 Å². The zero-order valence-electron chi connectivity index (χ0n) is 12.7. The minimum absolute atomic E-state index is 0.108. The molecule has 1 heterocycles. The van der Waals surface area contributed by atoms with E-state index in [0.29, 0.717) is 13.1 Å². The molecule has 0 aromatic heterocycles. The summed E-state index contributed by atoms with van der Waals surface area (Å²) in [5, 5.41) is 7.01. The number of rotatable bonds is 5. The first-order valence-electron chi connectivity index (χ1n) is 7.67. The molecule has 1 aromatic rings. The molecule has 2 N–H and O–H groups in total. The van der Waals surface area contributed by atoms with E-state index in [1.54, 1.807) is 0 Å². The fourth-order valence-corrected chi connectivity index (χ4v) is 3.10. The van der Waals surface area contributed by atoms with Crippen LogP contribution < -0.4 is 10.6 Å². The lowest BCUT2D eigenvalue weighted by molar-refractivity contribution is -0.128. The van der Waals surface area contributed by atoms with Crippen molar-refractivity contribution in [2.45, 2.75) is 32.4 Å². The third kappa shape index (κ3) is 3.96. The maximum absolute atomic E-state index is 12.3. The van der Waals surface area contributed by atoms with E-state index in [4.69, 9.17) is 11.6 Å². The monoisotopic (exact) mass is 309 g/mol. The van der Waals surface area contributed by atoms with Crippen LogP contribution in [0.1, 0.15) is 31.9 Å². The van der Waals surface area contributed by atoms with Gasteiger partial charge in [-0.05, 0) is 31.0 Å². The molecule has 5 heteroatoms. The first-order chi connectivity index (χ1) is 10.2. The van der Waals surface area contributed by atoms with Crippen molar-refractivity contribution in [3.8, 4) is 0 Å². The average Bonchev–Trinajstić information content (AvgIpc) is 2.50. The van der Waals surface area contributed by atoms with Crippen molar-refractivity contribution in [2.75, 3.05) is 26.2 Å². The van der Waals surface area contributed by atoms with Gasteiger partial charge in [-0.3, -0.25) is 9.69 Å². The van der Waals surface area contributed by atoms with Gasteiger partial charge in [-0.2, -0.15) is 0 Å². The lowest BCUT2D eigenvalue weighted by Crippen LogP contribution is -2.58. The Hall–Kier alpha value is -1.10. The Labute approximate surface area is 131 Å². The molecule has 0 spiro atoms. The summed E-state index contributed by atoms with van der Waals surface area (Å²) in [7, 11) is 0. The molecule has 1 aromatic carbocycles. The number of halogens is 1. The van der Waals surface area contributed by atoms with Crippen molar-refractivity contribution in [1.29, 1.82) is 0 Å². The molecule has 1 aliphatic heterocycles. The van der Waals surface area contributed by atoms with Crippen LogP contribution in [0.2, 0.25) is 5.02 Å². The summed E-state index contributed by atoms with van der Waals surface area (Å²) in [4.78, 5) is 14.6. The summed E-state index contributed by atoms with van der Waals surface area (Å²) in [6.07, 6.45) is 0.970. The molecular weight excluding hydrogens is 286 g/mol. The van der Waals surface area contributed by atoms with Crippen LogP contribution in [-0.2, 0) is 4.79 Å². The summed E-state index contributed by atoms with van der Waals surface area (Å²) in [5.41, 5.74) is 1.22. The summed E-state index contributed by atoms with van der Waals surface area (Å²) in [5.74, 6) is 0.108. The number of likely N-dealkylation sites (N-methyl/N-ethyl adjacent to an activating group) is 1. The van der Waals surface area contributed by atoms with Crippen LogP contribution in [-0.4, -0.2) is 43.0 Å². The van der Waals surface area contributed by atoms with Gasteiger partial charge < -0.3 is 10.6 Å². The molecule has 2 atom stereocenters. The highest BCUT2D eigenvalue weighted by atomic mass is 35.5. The molecule has 116 valence electrons. The van der Waals surface area contributed by atoms with E-state index in [-0.39, 0.29) is 18.0 Å². The molecule has 21 heavy (non-hydrogen) atoms. The predicted octanol–water partition coefficient (Wildman–Crippen LogP) is 2.20. The quantitative estimate of drug-likeness (QED) is 0.876. The second kappa shape index (κ2) is 7.78. The molecule has 1 aliphatic rings. The Morgan fingerprint density at radius 3 is 2.76 bits per heavy atom. The van der Waals surface area contributed by atoms with Crippen LogP contribution >= 0.6 is 11.6 Å². The van der Waals surface area contributed by atoms with Crippen LogP contribution in [0.3, 0.4) is 0 Å². The van der Waals surface area contributed by atoms with Crippen molar-refractivity contribution >= 4 is 17.5 Å². The topological polar surface area (TPSA) is 44.4 Å². The molecular formula is C16H24ClN3O. The molecule has 0 aliphatic carbocycles. The van der Waals surface area contributed by atoms with Crippen LogP contribution in [0.4, 0.5) is 0 Å². The van der Waals surface area contributed by atoms with E-state index < -0.39 is 0 Å². The van der Waals surface area contributed by atoms with Gasteiger partial charge in [0.1, 0.15) is 6.04 Å². The normalized spacial score (nSPS) is 21.0. The molecule has 1 amide bonds. The zero-order valence-corrected chi connectivity index (χ0v) is 13.5. The number of hydrogen-bond acceptors (Lipinski definition) is 3. The minimum atomic E-state index is -0.112. The molecule has 0 saturated carbocycles. The molecule has 1 fully saturated rings. The van der Waals surface area contributed by atoms with Gasteiger partial charge in [0.25, 0.3) is 0 Å². The SMILES string of the molecule is CCNC(=O)C1CNCCN1C(CC)c1ccc(Cl)cc1. The van der Waals surface area contributed by atoms with E-state index >= 15 is 0 Å². The standard InChI is InChI=1S/C16H24ClN3O/c1-3-14(12-5-7-13(17)8-6-12)20-10-9-18-11-15(20)16(21)19-4-2/h5-8,14-15,18H,3-4,9-11H2,1-2H3,(H,19,21). The molecule has 2 unspecified atom stereocenters. The van der Waals surface area contributed by atoms with E-state index in [2.05, 4.69) is 34.6 Å². The van der Waals surface area contributed by atoms with Gasteiger partial charge in [0.2, 0.25) is 5.91 Å². The van der Waals surface area contributed by atoms with Crippen molar-refractivity contribution < 1.29 is 4.79 Å². The number of nitrogens with one attached hydrogen (secondary N) is 2. The van der Waals surface area contributed by atoms with E-state index in [9.17, 15) is 4.79 Å². The molecule has 2 rings (SSSR count). The zero-order chi connectivity index (χ0) is 15.2. The highest BCUT2D eigenvalue weighted by Gasteiger charge is 2.33.